The van der Waals surface area contributed by atoms with Crippen LogP contribution in [-0.2, 0) is 9.59 Å². The zero-order valence-electron chi connectivity index (χ0n) is 16.7. The molecule has 0 saturated heterocycles. The van der Waals surface area contributed by atoms with E-state index in [0.29, 0.717) is 10.7 Å². The topological polar surface area (TPSA) is 66.4 Å². The fourth-order valence-corrected chi connectivity index (χ4v) is 4.43. The summed E-state index contributed by atoms with van der Waals surface area (Å²) in [5, 5.41) is 13.7. The van der Waals surface area contributed by atoms with Crippen molar-refractivity contribution in [2.45, 2.75) is 11.8 Å². The Morgan fingerprint density at radius 2 is 1.19 bits per heavy atom. The molecule has 3 aromatic rings. The molecule has 2 N–H and O–H groups in total. The van der Waals surface area contributed by atoms with Crippen LogP contribution in [0.4, 0.5) is 5.69 Å². The fraction of sp³-hybridized carbons (Fsp3) is 0.154. The molecule has 3 aromatic carbocycles. The first-order valence-electron chi connectivity index (χ1n) is 10.1. The van der Waals surface area contributed by atoms with Crippen molar-refractivity contribution in [3.8, 4) is 0 Å². The van der Waals surface area contributed by atoms with Crippen LogP contribution in [0.5, 0.6) is 0 Å². The Labute approximate surface area is 186 Å². The van der Waals surface area contributed by atoms with Crippen LogP contribution in [0.25, 0.3) is 0 Å². The van der Waals surface area contributed by atoms with Crippen molar-refractivity contribution in [3.05, 3.63) is 113 Å². The second kappa shape index (κ2) is 9.19. The minimum atomic E-state index is -0.990. The lowest BCUT2D eigenvalue weighted by Gasteiger charge is -2.37. The maximum absolute atomic E-state index is 13.5. The summed E-state index contributed by atoms with van der Waals surface area (Å²) in [4.78, 5) is 26.0. The number of nitrogens with one attached hydrogen (secondary N) is 1. The van der Waals surface area contributed by atoms with Gasteiger partial charge in [0.2, 0.25) is 5.91 Å². The van der Waals surface area contributed by atoms with Crippen LogP contribution in [0.1, 0.15) is 23.0 Å². The van der Waals surface area contributed by atoms with E-state index in [4.69, 9.17) is 11.6 Å². The van der Waals surface area contributed by atoms with Crippen LogP contribution in [0.3, 0.4) is 0 Å². The first kappa shape index (κ1) is 20.9. The molecule has 5 heteroatoms. The number of amides is 1. The van der Waals surface area contributed by atoms with Gasteiger partial charge in [0.1, 0.15) is 0 Å². The highest BCUT2D eigenvalue weighted by molar-refractivity contribution is 6.30. The quantitative estimate of drug-likeness (QED) is 0.507. The average molecular weight is 432 g/mol. The highest BCUT2D eigenvalue weighted by Crippen LogP contribution is 2.45. The third-order valence-electron chi connectivity index (χ3n) is 5.76. The van der Waals surface area contributed by atoms with Gasteiger partial charge in [0.05, 0.1) is 11.8 Å². The minimum Gasteiger partial charge on any atom is -0.481 e. The fourth-order valence-electron chi connectivity index (χ4n) is 4.31. The monoisotopic (exact) mass is 431 g/mol. The molecule has 0 aliphatic heterocycles. The molecular formula is C26H22ClNO3. The molecule has 1 aliphatic carbocycles. The lowest BCUT2D eigenvalue weighted by Crippen LogP contribution is -2.42. The molecule has 0 aromatic heterocycles. The molecule has 0 spiro atoms. The Bertz CT molecular complexity index is 1080. The van der Waals surface area contributed by atoms with Gasteiger partial charge < -0.3 is 10.4 Å². The van der Waals surface area contributed by atoms with Crippen molar-refractivity contribution in [3.63, 3.8) is 0 Å². The second-order valence-electron chi connectivity index (χ2n) is 7.64. The molecule has 156 valence electrons. The van der Waals surface area contributed by atoms with Gasteiger partial charge in [0.25, 0.3) is 0 Å². The van der Waals surface area contributed by atoms with E-state index in [0.717, 1.165) is 11.1 Å². The molecule has 0 bridgehead atoms. The van der Waals surface area contributed by atoms with Crippen LogP contribution in [-0.4, -0.2) is 17.0 Å². The first-order valence-corrected chi connectivity index (χ1v) is 10.5. The number of aliphatic carboxylic acids is 1. The van der Waals surface area contributed by atoms with Gasteiger partial charge in [0, 0.05) is 22.5 Å². The standard InChI is InChI=1S/C26H22ClNO3/c27-19-11-13-20(14-12-19)28-25(29)23-21(17-7-3-1-4-8-17)15-16-22(24(23)26(30)31)18-9-5-2-6-10-18/h1-16,21-24H,(H,28,29)(H,30,31)/t21-,22+,23-,24-/m1/s1. The van der Waals surface area contributed by atoms with Crippen LogP contribution in [0, 0.1) is 11.8 Å². The van der Waals surface area contributed by atoms with Gasteiger partial charge in [-0.25, -0.2) is 0 Å². The van der Waals surface area contributed by atoms with Crippen molar-refractivity contribution in [1.82, 2.24) is 0 Å². The first-order chi connectivity index (χ1) is 15.0. The highest BCUT2D eigenvalue weighted by Gasteiger charge is 2.46. The van der Waals surface area contributed by atoms with Gasteiger partial charge in [-0.05, 0) is 35.4 Å². The number of carboxylic acids is 1. The molecule has 31 heavy (non-hydrogen) atoms. The Hall–Kier alpha value is -3.37. The van der Waals surface area contributed by atoms with Crippen LogP contribution >= 0.6 is 11.6 Å². The largest absolute Gasteiger partial charge is 0.481 e. The maximum Gasteiger partial charge on any atom is 0.308 e. The van der Waals surface area contributed by atoms with Gasteiger partial charge in [0.15, 0.2) is 0 Å². The van der Waals surface area contributed by atoms with Crippen molar-refractivity contribution in [1.29, 1.82) is 0 Å². The summed E-state index contributed by atoms with van der Waals surface area (Å²) < 4.78 is 0. The lowest BCUT2D eigenvalue weighted by molar-refractivity contribution is -0.147. The number of carbonyl (C=O) groups is 2. The SMILES string of the molecule is O=C(Nc1ccc(Cl)cc1)[C@H]1[C@H](C(=O)O)[C@H](c2ccccc2)C=C[C@@H]1c1ccccc1. The van der Waals surface area contributed by atoms with E-state index in [-0.39, 0.29) is 11.8 Å². The van der Waals surface area contributed by atoms with Gasteiger partial charge >= 0.3 is 5.97 Å². The normalized spacial score (nSPS) is 22.6. The summed E-state index contributed by atoms with van der Waals surface area (Å²) in [5.74, 6) is -3.77. The molecule has 4 rings (SSSR count). The highest BCUT2D eigenvalue weighted by atomic mass is 35.5. The lowest BCUT2D eigenvalue weighted by atomic mass is 9.66. The number of carbonyl (C=O) groups excluding carboxylic acids is 1. The number of halogens is 1. The van der Waals surface area contributed by atoms with Crippen LogP contribution in [0.15, 0.2) is 97.1 Å². The third-order valence-corrected chi connectivity index (χ3v) is 6.01. The van der Waals surface area contributed by atoms with Crippen molar-refractivity contribution >= 4 is 29.2 Å². The second-order valence-corrected chi connectivity index (χ2v) is 8.08. The molecule has 0 saturated carbocycles. The molecule has 0 radical (unpaired) electrons. The van der Waals surface area contributed by atoms with E-state index >= 15 is 0 Å². The zero-order valence-corrected chi connectivity index (χ0v) is 17.4. The predicted octanol–water partition coefficient (Wildman–Crippen LogP) is 5.73. The van der Waals surface area contributed by atoms with Gasteiger partial charge in [-0.1, -0.05) is 84.4 Å². The molecule has 1 aliphatic rings. The molecule has 4 nitrogen and oxygen atoms in total. The third kappa shape index (κ3) is 4.54. The summed E-state index contributed by atoms with van der Waals surface area (Å²) in [6.45, 7) is 0. The van der Waals surface area contributed by atoms with Crippen LogP contribution in [0.2, 0.25) is 5.02 Å². The maximum atomic E-state index is 13.5. The number of rotatable bonds is 5. The summed E-state index contributed by atoms with van der Waals surface area (Å²) in [7, 11) is 0. The van der Waals surface area contributed by atoms with Crippen molar-refractivity contribution < 1.29 is 14.7 Å². The zero-order chi connectivity index (χ0) is 21.8. The smallest absolute Gasteiger partial charge is 0.308 e. The number of benzene rings is 3. The number of hydrogen-bond acceptors (Lipinski definition) is 2. The number of carboxylic acid groups (broad SMARTS) is 1. The van der Waals surface area contributed by atoms with Crippen molar-refractivity contribution in [2.75, 3.05) is 5.32 Å². The average Bonchev–Trinajstić information content (AvgIpc) is 2.80. The summed E-state index contributed by atoms with van der Waals surface area (Å²) in [5.41, 5.74) is 2.37. The molecule has 0 unspecified atom stereocenters. The van der Waals surface area contributed by atoms with E-state index in [1.807, 2.05) is 72.8 Å². The molecular weight excluding hydrogens is 410 g/mol. The van der Waals surface area contributed by atoms with E-state index in [1.54, 1.807) is 24.3 Å². The van der Waals surface area contributed by atoms with E-state index < -0.39 is 23.7 Å². The minimum absolute atomic E-state index is 0.325. The summed E-state index contributed by atoms with van der Waals surface area (Å²) in [6, 6.07) is 25.8. The Kier molecular flexibility index (Phi) is 6.19. The Morgan fingerprint density at radius 3 is 1.68 bits per heavy atom. The van der Waals surface area contributed by atoms with Gasteiger partial charge in [-0.15, -0.1) is 0 Å². The Morgan fingerprint density at radius 1 is 0.710 bits per heavy atom. The number of anilines is 1. The van der Waals surface area contributed by atoms with E-state index in [2.05, 4.69) is 5.32 Å². The Balaban J connectivity index is 1.76. The van der Waals surface area contributed by atoms with Gasteiger partial charge in [-0.2, -0.15) is 0 Å². The molecule has 4 atom stereocenters. The summed E-state index contributed by atoms with van der Waals surface area (Å²) in [6.07, 6.45) is 3.90. The number of hydrogen-bond donors (Lipinski definition) is 2. The van der Waals surface area contributed by atoms with Gasteiger partial charge in [-0.3, -0.25) is 9.59 Å². The predicted molar refractivity (Wildman–Crippen MR) is 122 cm³/mol. The summed E-state index contributed by atoms with van der Waals surface area (Å²) >= 11 is 5.95. The molecule has 0 fully saturated rings. The van der Waals surface area contributed by atoms with Crippen molar-refractivity contribution in [2.24, 2.45) is 11.8 Å². The van der Waals surface area contributed by atoms with E-state index in [1.165, 1.54) is 0 Å². The number of allylic oxidation sites excluding steroid dienone is 2. The van der Waals surface area contributed by atoms with Crippen LogP contribution < -0.4 is 5.32 Å². The molecule has 1 amide bonds. The molecule has 0 heterocycles. The van der Waals surface area contributed by atoms with E-state index in [9.17, 15) is 14.7 Å².